The molecule has 0 saturated carbocycles. The molecule has 0 aromatic heterocycles. The summed E-state index contributed by atoms with van der Waals surface area (Å²) in [5.41, 5.74) is 1.98. The third-order valence-electron chi connectivity index (χ3n) is 2.90. The van der Waals surface area contributed by atoms with E-state index < -0.39 is 0 Å². The number of carbonyl (C=O) groups is 1. The van der Waals surface area contributed by atoms with E-state index in [-0.39, 0.29) is 12.5 Å². The maximum Gasteiger partial charge on any atom is 0.233 e. The van der Waals surface area contributed by atoms with Gasteiger partial charge in [0.15, 0.2) is 0 Å². The van der Waals surface area contributed by atoms with Gasteiger partial charge < -0.3 is 10.4 Å². The van der Waals surface area contributed by atoms with Crippen molar-refractivity contribution in [3.8, 4) is 11.8 Å². The van der Waals surface area contributed by atoms with Crippen molar-refractivity contribution in [2.45, 2.75) is 19.9 Å². The molecular weight excluding hydrogens is 252 g/mol. The molecular formula is C16H22N2O2. The van der Waals surface area contributed by atoms with Crippen LogP contribution in [0, 0.1) is 11.8 Å². The van der Waals surface area contributed by atoms with Crippen LogP contribution in [-0.2, 0) is 11.3 Å². The first-order chi connectivity index (χ1) is 9.71. The Labute approximate surface area is 120 Å². The molecule has 1 aromatic rings. The number of nitrogens with zero attached hydrogens (tertiary/aromatic N) is 1. The minimum absolute atomic E-state index is 0.0115. The standard InChI is InChI=1S/C16H22N2O2/c1-3-10-18(13-16(20)17-2)12-15-8-5-4-7-14(15)9-6-11-19/h4-5,7-8,19H,3,10-13H2,1-2H3,(H,17,20). The molecule has 0 fully saturated rings. The van der Waals surface area contributed by atoms with Crippen molar-refractivity contribution in [3.05, 3.63) is 35.4 Å². The molecule has 0 bridgehead atoms. The molecule has 4 heteroatoms. The summed E-state index contributed by atoms with van der Waals surface area (Å²) in [6.45, 7) is 3.86. The SMILES string of the molecule is CCCN(CC(=O)NC)Cc1ccccc1C#CCO. The van der Waals surface area contributed by atoms with Gasteiger partial charge in [-0.2, -0.15) is 0 Å². The lowest BCUT2D eigenvalue weighted by atomic mass is 10.1. The third kappa shape index (κ3) is 5.43. The van der Waals surface area contributed by atoms with E-state index in [1.807, 2.05) is 24.3 Å². The van der Waals surface area contributed by atoms with Crippen molar-refractivity contribution in [3.63, 3.8) is 0 Å². The van der Waals surface area contributed by atoms with Crippen LogP contribution in [0.25, 0.3) is 0 Å². The number of aliphatic hydroxyl groups is 1. The summed E-state index contributed by atoms with van der Waals surface area (Å²) < 4.78 is 0. The fraction of sp³-hybridized carbons (Fsp3) is 0.438. The molecule has 108 valence electrons. The number of carbonyl (C=O) groups excluding carboxylic acids is 1. The summed E-state index contributed by atoms with van der Waals surface area (Å²) in [7, 11) is 1.65. The summed E-state index contributed by atoms with van der Waals surface area (Å²) in [6.07, 6.45) is 0.988. The molecule has 20 heavy (non-hydrogen) atoms. The van der Waals surface area contributed by atoms with Crippen molar-refractivity contribution in [1.82, 2.24) is 10.2 Å². The van der Waals surface area contributed by atoms with E-state index in [9.17, 15) is 4.79 Å². The lowest BCUT2D eigenvalue weighted by molar-refractivity contribution is -0.121. The average molecular weight is 274 g/mol. The Morgan fingerprint density at radius 1 is 1.40 bits per heavy atom. The highest BCUT2D eigenvalue weighted by Gasteiger charge is 2.11. The number of benzene rings is 1. The number of likely N-dealkylation sites (N-methyl/N-ethyl adjacent to an activating group) is 1. The predicted octanol–water partition coefficient (Wildman–Crippen LogP) is 0.988. The number of aliphatic hydroxyl groups excluding tert-OH is 1. The highest BCUT2D eigenvalue weighted by molar-refractivity contribution is 5.77. The van der Waals surface area contributed by atoms with Gasteiger partial charge in [-0.15, -0.1) is 0 Å². The Morgan fingerprint density at radius 3 is 2.80 bits per heavy atom. The number of nitrogens with one attached hydrogen (secondary N) is 1. The minimum Gasteiger partial charge on any atom is -0.384 e. The maximum absolute atomic E-state index is 11.5. The molecule has 0 aliphatic carbocycles. The van der Waals surface area contributed by atoms with Gasteiger partial charge in [-0.25, -0.2) is 0 Å². The van der Waals surface area contributed by atoms with E-state index in [0.29, 0.717) is 13.1 Å². The van der Waals surface area contributed by atoms with Crippen LogP contribution in [0.1, 0.15) is 24.5 Å². The summed E-state index contributed by atoms with van der Waals surface area (Å²) in [5.74, 6) is 5.63. The second kappa shape index (κ2) is 9.13. The van der Waals surface area contributed by atoms with Crippen LogP contribution in [-0.4, -0.2) is 42.7 Å². The monoisotopic (exact) mass is 274 g/mol. The molecule has 0 radical (unpaired) electrons. The number of rotatable bonds is 6. The summed E-state index contributed by atoms with van der Waals surface area (Å²) in [5, 5.41) is 11.4. The summed E-state index contributed by atoms with van der Waals surface area (Å²) in [6, 6.07) is 7.83. The first kappa shape index (κ1) is 16.2. The van der Waals surface area contributed by atoms with Crippen molar-refractivity contribution >= 4 is 5.91 Å². The van der Waals surface area contributed by atoms with Crippen LogP contribution in [0.15, 0.2) is 24.3 Å². The molecule has 0 spiro atoms. The van der Waals surface area contributed by atoms with Crippen LogP contribution in [0.5, 0.6) is 0 Å². The van der Waals surface area contributed by atoms with E-state index in [2.05, 4.69) is 29.0 Å². The van der Waals surface area contributed by atoms with Crippen LogP contribution < -0.4 is 5.32 Å². The Balaban J connectivity index is 2.84. The fourth-order valence-corrected chi connectivity index (χ4v) is 1.97. The molecule has 0 unspecified atom stereocenters. The van der Waals surface area contributed by atoms with Crippen molar-refractivity contribution in [1.29, 1.82) is 0 Å². The molecule has 1 amide bonds. The molecule has 0 atom stereocenters. The van der Waals surface area contributed by atoms with Gasteiger partial charge in [0.25, 0.3) is 0 Å². The molecule has 1 rings (SSSR count). The Kier molecular flexibility index (Phi) is 7.41. The van der Waals surface area contributed by atoms with Gasteiger partial charge in [0, 0.05) is 19.2 Å². The molecule has 2 N–H and O–H groups in total. The van der Waals surface area contributed by atoms with E-state index in [0.717, 1.165) is 24.1 Å². The zero-order valence-electron chi connectivity index (χ0n) is 12.1. The van der Waals surface area contributed by atoms with Crippen LogP contribution in [0.2, 0.25) is 0 Å². The van der Waals surface area contributed by atoms with Gasteiger partial charge in [-0.05, 0) is 24.6 Å². The van der Waals surface area contributed by atoms with E-state index in [1.165, 1.54) is 0 Å². The van der Waals surface area contributed by atoms with E-state index in [1.54, 1.807) is 7.05 Å². The fourth-order valence-electron chi connectivity index (χ4n) is 1.97. The average Bonchev–Trinajstić information content (AvgIpc) is 2.46. The molecule has 0 aliphatic rings. The number of hydrogen-bond donors (Lipinski definition) is 2. The van der Waals surface area contributed by atoms with E-state index in [4.69, 9.17) is 5.11 Å². The molecule has 0 heterocycles. The van der Waals surface area contributed by atoms with Gasteiger partial charge >= 0.3 is 0 Å². The second-order valence-electron chi connectivity index (χ2n) is 4.50. The molecule has 0 saturated heterocycles. The highest BCUT2D eigenvalue weighted by Crippen LogP contribution is 2.11. The summed E-state index contributed by atoms with van der Waals surface area (Å²) >= 11 is 0. The number of hydrogen-bond acceptors (Lipinski definition) is 3. The first-order valence-corrected chi connectivity index (χ1v) is 6.81. The normalized spacial score (nSPS) is 10.0. The Hall–Kier alpha value is -1.83. The Morgan fingerprint density at radius 2 is 2.15 bits per heavy atom. The summed E-state index contributed by atoms with van der Waals surface area (Å²) in [4.78, 5) is 13.6. The smallest absolute Gasteiger partial charge is 0.233 e. The van der Waals surface area contributed by atoms with Gasteiger partial charge in [-0.1, -0.05) is 37.0 Å². The van der Waals surface area contributed by atoms with Gasteiger partial charge in [0.05, 0.1) is 6.54 Å². The first-order valence-electron chi connectivity index (χ1n) is 6.81. The molecule has 4 nitrogen and oxygen atoms in total. The van der Waals surface area contributed by atoms with Crippen molar-refractivity contribution in [2.24, 2.45) is 0 Å². The predicted molar refractivity (Wildman–Crippen MR) is 80.0 cm³/mol. The van der Waals surface area contributed by atoms with Crippen molar-refractivity contribution < 1.29 is 9.90 Å². The van der Waals surface area contributed by atoms with Crippen LogP contribution in [0.3, 0.4) is 0 Å². The van der Waals surface area contributed by atoms with E-state index >= 15 is 0 Å². The molecule has 0 aliphatic heterocycles. The minimum atomic E-state index is -0.148. The number of amides is 1. The molecule has 1 aromatic carbocycles. The third-order valence-corrected chi connectivity index (χ3v) is 2.90. The lowest BCUT2D eigenvalue weighted by Crippen LogP contribution is -2.35. The van der Waals surface area contributed by atoms with Gasteiger partial charge in [0.2, 0.25) is 5.91 Å². The van der Waals surface area contributed by atoms with Crippen LogP contribution >= 0.6 is 0 Å². The largest absolute Gasteiger partial charge is 0.384 e. The van der Waals surface area contributed by atoms with Gasteiger partial charge in [0.1, 0.15) is 6.61 Å². The van der Waals surface area contributed by atoms with Gasteiger partial charge in [-0.3, -0.25) is 9.69 Å². The van der Waals surface area contributed by atoms with Crippen LogP contribution in [0.4, 0.5) is 0 Å². The topological polar surface area (TPSA) is 52.6 Å². The zero-order chi connectivity index (χ0) is 14.8. The quantitative estimate of drug-likeness (QED) is 0.761. The van der Waals surface area contributed by atoms with Crippen molar-refractivity contribution in [2.75, 3.05) is 26.7 Å². The zero-order valence-corrected chi connectivity index (χ0v) is 12.1. The maximum atomic E-state index is 11.5. The Bertz CT molecular complexity index is 489. The second-order valence-corrected chi connectivity index (χ2v) is 4.50. The highest BCUT2D eigenvalue weighted by atomic mass is 16.2. The lowest BCUT2D eigenvalue weighted by Gasteiger charge is -2.21.